The highest BCUT2D eigenvalue weighted by Crippen LogP contribution is 2.29. The summed E-state index contributed by atoms with van der Waals surface area (Å²) in [7, 11) is 1.97. The summed E-state index contributed by atoms with van der Waals surface area (Å²) in [5.74, 6) is 0.663. The number of anilines is 1. The summed E-state index contributed by atoms with van der Waals surface area (Å²) in [6, 6.07) is 7.14. The first-order valence-electron chi connectivity index (χ1n) is 6.65. The predicted octanol–water partition coefficient (Wildman–Crippen LogP) is 4.04. The molecule has 1 rings (SSSR count). The van der Waals surface area contributed by atoms with Crippen molar-refractivity contribution in [3.8, 4) is 0 Å². The Hall–Kier alpha value is -0.540. The van der Waals surface area contributed by atoms with Crippen LogP contribution in [0, 0.1) is 5.92 Å². The van der Waals surface area contributed by atoms with Gasteiger partial charge in [0.15, 0.2) is 0 Å². The number of rotatable bonds is 6. The van der Waals surface area contributed by atoms with Gasteiger partial charge in [-0.3, -0.25) is 0 Å². The second-order valence-electron chi connectivity index (χ2n) is 5.46. The molecular formula is C15H25BrN2. The number of benzene rings is 1. The largest absolute Gasteiger partial charge is 0.368 e. The first-order valence-corrected chi connectivity index (χ1v) is 7.44. The molecule has 0 saturated carbocycles. The third-order valence-corrected chi connectivity index (χ3v) is 3.52. The second-order valence-corrected chi connectivity index (χ2v) is 6.31. The van der Waals surface area contributed by atoms with Crippen molar-refractivity contribution in [2.45, 2.75) is 40.3 Å². The van der Waals surface area contributed by atoms with Gasteiger partial charge in [0.25, 0.3) is 0 Å². The van der Waals surface area contributed by atoms with E-state index in [1.807, 2.05) is 7.05 Å². The van der Waals surface area contributed by atoms with E-state index in [2.05, 4.69) is 72.0 Å². The Bertz CT molecular complexity index is 375. The number of hydrogen-bond acceptors (Lipinski definition) is 2. The van der Waals surface area contributed by atoms with Crippen LogP contribution < -0.4 is 10.2 Å². The number of nitrogens with zero attached hydrogens (tertiary/aromatic N) is 1. The van der Waals surface area contributed by atoms with Crippen molar-refractivity contribution in [2.24, 2.45) is 5.92 Å². The van der Waals surface area contributed by atoms with E-state index < -0.39 is 0 Å². The maximum absolute atomic E-state index is 3.71. The molecule has 0 saturated heterocycles. The monoisotopic (exact) mass is 312 g/mol. The van der Waals surface area contributed by atoms with Gasteiger partial charge in [0.2, 0.25) is 0 Å². The highest BCUT2D eigenvalue weighted by Gasteiger charge is 2.15. The van der Waals surface area contributed by atoms with E-state index in [-0.39, 0.29) is 0 Å². The van der Waals surface area contributed by atoms with Crippen molar-refractivity contribution in [3.05, 3.63) is 28.2 Å². The van der Waals surface area contributed by atoms with Gasteiger partial charge in [-0.1, -0.05) is 19.9 Å². The van der Waals surface area contributed by atoms with E-state index in [4.69, 9.17) is 0 Å². The Morgan fingerprint density at radius 1 is 1.22 bits per heavy atom. The lowest BCUT2D eigenvalue weighted by Gasteiger charge is -2.31. The van der Waals surface area contributed by atoms with Crippen LogP contribution in [0.25, 0.3) is 0 Å². The summed E-state index contributed by atoms with van der Waals surface area (Å²) in [6.07, 6.45) is 0. The van der Waals surface area contributed by atoms with Gasteiger partial charge in [-0.2, -0.15) is 0 Å². The van der Waals surface area contributed by atoms with E-state index in [9.17, 15) is 0 Å². The lowest BCUT2D eigenvalue weighted by atomic mass is 10.1. The van der Waals surface area contributed by atoms with Crippen molar-refractivity contribution < 1.29 is 0 Å². The molecule has 1 aromatic carbocycles. The van der Waals surface area contributed by atoms with E-state index in [1.54, 1.807) is 0 Å². The first-order chi connectivity index (χ1) is 8.45. The van der Waals surface area contributed by atoms with Crippen LogP contribution in [-0.4, -0.2) is 19.6 Å². The van der Waals surface area contributed by atoms with Gasteiger partial charge in [0.1, 0.15) is 0 Å². The predicted molar refractivity (Wildman–Crippen MR) is 84.2 cm³/mol. The van der Waals surface area contributed by atoms with Crippen LogP contribution in [0.2, 0.25) is 0 Å². The molecular weight excluding hydrogens is 288 g/mol. The molecule has 0 aliphatic heterocycles. The van der Waals surface area contributed by atoms with Gasteiger partial charge in [0, 0.05) is 23.6 Å². The van der Waals surface area contributed by atoms with Crippen LogP contribution >= 0.6 is 15.9 Å². The highest BCUT2D eigenvalue weighted by atomic mass is 79.9. The lowest BCUT2D eigenvalue weighted by Crippen LogP contribution is -2.34. The number of halogens is 1. The molecule has 0 radical (unpaired) electrons. The Labute approximate surface area is 120 Å². The average Bonchev–Trinajstić information content (AvgIpc) is 2.26. The van der Waals surface area contributed by atoms with Crippen LogP contribution in [0.4, 0.5) is 5.69 Å². The van der Waals surface area contributed by atoms with Crippen molar-refractivity contribution in [1.82, 2.24) is 5.32 Å². The van der Waals surface area contributed by atoms with E-state index in [0.29, 0.717) is 12.0 Å². The molecule has 0 unspecified atom stereocenters. The summed E-state index contributed by atoms with van der Waals surface area (Å²) in [5.41, 5.74) is 2.60. The van der Waals surface area contributed by atoms with Gasteiger partial charge in [-0.15, -0.1) is 0 Å². The lowest BCUT2D eigenvalue weighted by molar-refractivity contribution is 0.570. The van der Waals surface area contributed by atoms with Crippen LogP contribution in [0.3, 0.4) is 0 Å². The van der Waals surface area contributed by atoms with Gasteiger partial charge >= 0.3 is 0 Å². The van der Waals surface area contributed by atoms with Crippen LogP contribution in [0.5, 0.6) is 0 Å². The zero-order valence-corrected chi connectivity index (χ0v) is 13.7. The maximum Gasteiger partial charge on any atom is 0.0513 e. The molecule has 3 heteroatoms. The normalized spacial score (nSPS) is 11.3. The van der Waals surface area contributed by atoms with Crippen LogP contribution in [0.1, 0.15) is 33.3 Å². The molecule has 0 bridgehead atoms. The van der Waals surface area contributed by atoms with Crippen molar-refractivity contribution >= 4 is 21.6 Å². The smallest absolute Gasteiger partial charge is 0.0513 e. The molecule has 102 valence electrons. The standard InChI is InChI=1S/C15H25BrN2/c1-11(2)10-18(12(3)4)15-7-6-13(9-17-5)8-14(15)16/h6-8,11-12,17H,9-10H2,1-5H3. The van der Waals surface area contributed by atoms with Gasteiger partial charge < -0.3 is 10.2 Å². The summed E-state index contributed by atoms with van der Waals surface area (Å²) in [5, 5.41) is 3.18. The zero-order chi connectivity index (χ0) is 13.7. The van der Waals surface area contributed by atoms with E-state index >= 15 is 0 Å². The Balaban J connectivity index is 2.98. The fraction of sp³-hybridized carbons (Fsp3) is 0.600. The summed E-state index contributed by atoms with van der Waals surface area (Å²) in [6.45, 7) is 11.0. The Kier molecular flexibility index (Phi) is 6.16. The molecule has 0 aliphatic carbocycles. The quantitative estimate of drug-likeness (QED) is 0.853. The fourth-order valence-electron chi connectivity index (χ4n) is 2.08. The van der Waals surface area contributed by atoms with Gasteiger partial charge in [-0.05, 0) is 60.4 Å². The molecule has 18 heavy (non-hydrogen) atoms. The van der Waals surface area contributed by atoms with Crippen molar-refractivity contribution in [1.29, 1.82) is 0 Å². The molecule has 0 spiro atoms. The van der Waals surface area contributed by atoms with E-state index in [0.717, 1.165) is 13.1 Å². The molecule has 0 fully saturated rings. The second kappa shape index (κ2) is 7.15. The zero-order valence-electron chi connectivity index (χ0n) is 12.1. The Morgan fingerprint density at radius 2 is 1.89 bits per heavy atom. The minimum Gasteiger partial charge on any atom is -0.368 e. The van der Waals surface area contributed by atoms with Crippen molar-refractivity contribution in [3.63, 3.8) is 0 Å². The SMILES string of the molecule is CNCc1ccc(N(CC(C)C)C(C)C)c(Br)c1. The molecule has 0 amide bonds. The molecule has 0 atom stereocenters. The van der Waals surface area contributed by atoms with E-state index in [1.165, 1.54) is 15.7 Å². The molecule has 2 nitrogen and oxygen atoms in total. The average molecular weight is 313 g/mol. The number of hydrogen-bond donors (Lipinski definition) is 1. The van der Waals surface area contributed by atoms with Crippen LogP contribution in [-0.2, 0) is 6.54 Å². The first kappa shape index (κ1) is 15.5. The summed E-state index contributed by atoms with van der Waals surface area (Å²) < 4.78 is 1.18. The molecule has 0 aliphatic rings. The minimum atomic E-state index is 0.513. The molecule has 1 N–H and O–H groups in total. The fourth-order valence-corrected chi connectivity index (χ4v) is 2.73. The molecule has 0 heterocycles. The van der Waals surface area contributed by atoms with Gasteiger partial charge in [0.05, 0.1) is 5.69 Å². The summed E-state index contributed by atoms with van der Waals surface area (Å²) in [4.78, 5) is 2.46. The maximum atomic E-state index is 3.71. The third kappa shape index (κ3) is 4.29. The third-order valence-electron chi connectivity index (χ3n) is 2.89. The van der Waals surface area contributed by atoms with Crippen molar-refractivity contribution in [2.75, 3.05) is 18.5 Å². The van der Waals surface area contributed by atoms with Gasteiger partial charge in [-0.25, -0.2) is 0 Å². The highest BCUT2D eigenvalue weighted by molar-refractivity contribution is 9.10. The minimum absolute atomic E-state index is 0.513. The molecule has 0 aromatic heterocycles. The number of nitrogens with one attached hydrogen (secondary N) is 1. The Morgan fingerprint density at radius 3 is 2.33 bits per heavy atom. The topological polar surface area (TPSA) is 15.3 Å². The summed E-state index contributed by atoms with van der Waals surface area (Å²) >= 11 is 3.71. The van der Waals surface area contributed by atoms with Crippen LogP contribution in [0.15, 0.2) is 22.7 Å². The molecule has 1 aromatic rings.